The molecule has 0 radical (unpaired) electrons. The zero-order chi connectivity index (χ0) is 9.14. The van der Waals surface area contributed by atoms with Crippen molar-refractivity contribution in [1.82, 2.24) is 4.90 Å². The van der Waals surface area contributed by atoms with Gasteiger partial charge < -0.3 is 4.74 Å². The van der Waals surface area contributed by atoms with Crippen molar-refractivity contribution in [2.45, 2.75) is 38.8 Å². The molecule has 1 aliphatic heterocycles. The third kappa shape index (κ3) is 1.78. The zero-order valence-electron chi connectivity index (χ0n) is 8.04. The van der Waals surface area contributed by atoms with Crippen LogP contribution < -0.4 is 0 Å². The Bertz CT molecular complexity index is 170. The summed E-state index contributed by atoms with van der Waals surface area (Å²) in [6.07, 6.45) is 2.39. The molecule has 0 aromatic heterocycles. The smallest absolute Gasteiger partial charge is 0.322 e. The average molecular weight is 171 g/mol. The molecule has 0 unspecified atom stereocenters. The van der Waals surface area contributed by atoms with Gasteiger partial charge in [0.05, 0.1) is 7.11 Å². The standard InChI is InChI=1S/C9H17NO2/c1-7-5-4-6-10(7)8(2)9(11)12-3/h7-8H,4-6H2,1-3H3/t7-,8+/m1/s1. The summed E-state index contributed by atoms with van der Waals surface area (Å²) in [5, 5.41) is 0. The molecule has 0 saturated carbocycles. The first kappa shape index (κ1) is 9.52. The summed E-state index contributed by atoms with van der Waals surface area (Å²) in [6.45, 7) is 5.09. The van der Waals surface area contributed by atoms with Gasteiger partial charge in [-0.25, -0.2) is 0 Å². The van der Waals surface area contributed by atoms with Crippen LogP contribution >= 0.6 is 0 Å². The minimum Gasteiger partial charge on any atom is -0.468 e. The molecule has 3 heteroatoms. The second kappa shape index (κ2) is 3.90. The fraction of sp³-hybridized carbons (Fsp3) is 0.889. The highest BCUT2D eigenvalue weighted by Crippen LogP contribution is 2.19. The van der Waals surface area contributed by atoms with Crippen LogP contribution in [0.25, 0.3) is 0 Å². The fourth-order valence-electron chi connectivity index (χ4n) is 1.84. The number of esters is 1. The molecule has 0 bridgehead atoms. The molecule has 12 heavy (non-hydrogen) atoms. The van der Waals surface area contributed by atoms with Crippen LogP contribution in [0.2, 0.25) is 0 Å². The number of likely N-dealkylation sites (tertiary alicyclic amines) is 1. The molecular formula is C9H17NO2. The number of carbonyl (C=O) groups is 1. The van der Waals surface area contributed by atoms with E-state index in [0.29, 0.717) is 6.04 Å². The normalized spacial score (nSPS) is 27.1. The van der Waals surface area contributed by atoms with Gasteiger partial charge in [0.1, 0.15) is 6.04 Å². The first-order chi connectivity index (χ1) is 5.66. The summed E-state index contributed by atoms with van der Waals surface area (Å²) < 4.78 is 4.69. The summed E-state index contributed by atoms with van der Waals surface area (Å²) in [4.78, 5) is 13.4. The van der Waals surface area contributed by atoms with E-state index in [1.807, 2.05) is 6.92 Å². The van der Waals surface area contributed by atoms with E-state index in [0.717, 1.165) is 6.54 Å². The highest BCUT2D eigenvalue weighted by Gasteiger charge is 2.29. The fourth-order valence-corrected chi connectivity index (χ4v) is 1.84. The second-order valence-corrected chi connectivity index (χ2v) is 3.43. The summed E-state index contributed by atoms with van der Waals surface area (Å²) in [5.41, 5.74) is 0. The van der Waals surface area contributed by atoms with E-state index in [9.17, 15) is 4.79 Å². The topological polar surface area (TPSA) is 29.5 Å². The van der Waals surface area contributed by atoms with E-state index in [4.69, 9.17) is 4.74 Å². The van der Waals surface area contributed by atoms with E-state index in [1.54, 1.807) is 0 Å². The van der Waals surface area contributed by atoms with Gasteiger partial charge >= 0.3 is 5.97 Å². The molecule has 1 fully saturated rings. The first-order valence-corrected chi connectivity index (χ1v) is 4.50. The second-order valence-electron chi connectivity index (χ2n) is 3.43. The van der Waals surface area contributed by atoms with E-state index in [-0.39, 0.29) is 12.0 Å². The molecule has 2 atom stereocenters. The lowest BCUT2D eigenvalue weighted by molar-refractivity contribution is -0.146. The van der Waals surface area contributed by atoms with Gasteiger partial charge in [0.15, 0.2) is 0 Å². The van der Waals surface area contributed by atoms with Crippen LogP contribution in [0.3, 0.4) is 0 Å². The van der Waals surface area contributed by atoms with Gasteiger partial charge in [-0.1, -0.05) is 0 Å². The van der Waals surface area contributed by atoms with Crippen molar-refractivity contribution >= 4 is 5.97 Å². The average Bonchev–Trinajstić information content (AvgIpc) is 2.48. The molecule has 1 heterocycles. The van der Waals surface area contributed by atoms with Crippen LogP contribution in [-0.2, 0) is 9.53 Å². The first-order valence-electron chi connectivity index (χ1n) is 4.50. The minimum atomic E-state index is -0.122. The van der Waals surface area contributed by atoms with Crippen molar-refractivity contribution in [3.05, 3.63) is 0 Å². The third-order valence-electron chi connectivity index (χ3n) is 2.64. The maximum Gasteiger partial charge on any atom is 0.322 e. The minimum absolute atomic E-state index is 0.0764. The molecule has 0 aromatic carbocycles. The van der Waals surface area contributed by atoms with Crippen molar-refractivity contribution in [1.29, 1.82) is 0 Å². The van der Waals surface area contributed by atoms with Gasteiger partial charge in [-0.3, -0.25) is 9.69 Å². The van der Waals surface area contributed by atoms with Crippen LogP contribution in [0.5, 0.6) is 0 Å². The van der Waals surface area contributed by atoms with Gasteiger partial charge in [0.25, 0.3) is 0 Å². The SMILES string of the molecule is COC(=O)[C@H](C)N1CCC[C@H]1C. The lowest BCUT2D eigenvalue weighted by atomic mass is 10.2. The van der Waals surface area contributed by atoms with Crippen LogP contribution in [0.15, 0.2) is 0 Å². The number of hydrogen-bond donors (Lipinski definition) is 0. The number of ether oxygens (including phenoxy) is 1. The monoisotopic (exact) mass is 171 g/mol. The predicted octanol–water partition coefficient (Wildman–Crippen LogP) is 1.03. The molecule has 0 aliphatic carbocycles. The van der Waals surface area contributed by atoms with Gasteiger partial charge in [0.2, 0.25) is 0 Å². The Morgan fingerprint density at radius 3 is 2.75 bits per heavy atom. The van der Waals surface area contributed by atoms with Crippen LogP contribution in [-0.4, -0.2) is 36.6 Å². The van der Waals surface area contributed by atoms with Gasteiger partial charge in [0, 0.05) is 6.04 Å². The maximum atomic E-state index is 11.2. The molecule has 70 valence electrons. The Morgan fingerprint density at radius 1 is 1.67 bits per heavy atom. The van der Waals surface area contributed by atoms with Crippen molar-refractivity contribution < 1.29 is 9.53 Å². The highest BCUT2D eigenvalue weighted by atomic mass is 16.5. The van der Waals surface area contributed by atoms with E-state index in [2.05, 4.69) is 11.8 Å². The third-order valence-corrected chi connectivity index (χ3v) is 2.64. The molecule has 0 spiro atoms. The van der Waals surface area contributed by atoms with Gasteiger partial charge in [-0.15, -0.1) is 0 Å². The van der Waals surface area contributed by atoms with Crippen LogP contribution in [0.4, 0.5) is 0 Å². The zero-order valence-corrected chi connectivity index (χ0v) is 8.04. The number of rotatable bonds is 2. The summed E-state index contributed by atoms with van der Waals surface area (Å²) in [7, 11) is 1.44. The Morgan fingerprint density at radius 2 is 2.33 bits per heavy atom. The molecule has 1 saturated heterocycles. The molecule has 0 N–H and O–H groups in total. The van der Waals surface area contributed by atoms with Crippen molar-refractivity contribution in [3.8, 4) is 0 Å². The highest BCUT2D eigenvalue weighted by molar-refractivity contribution is 5.75. The molecule has 1 rings (SSSR count). The predicted molar refractivity (Wildman–Crippen MR) is 46.9 cm³/mol. The molecule has 3 nitrogen and oxygen atoms in total. The lowest BCUT2D eigenvalue weighted by Crippen LogP contribution is -2.41. The quantitative estimate of drug-likeness (QED) is 0.581. The number of carbonyl (C=O) groups excluding carboxylic acids is 1. The summed E-state index contributed by atoms with van der Waals surface area (Å²) >= 11 is 0. The van der Waals surface area contributed by atoms with E-state index >= 15 is 0 Å². The Labute approximate surface area is 73.7 Å². The molecule has 1 aliphatic rings. The number of methoxy groups -OCH3 is 1. The number of nitrogens with zero attached hydrogens (tertiary/aromatic N) is 1. The van der Waals surface area contributed by atoms with Crippen molar-refractivity contribution in [3.63, 3.8) is 0 Å². The number of hydrogen-bond acceptors (Lipinski definition) is 3. The summed E-state index contributed by atoms with van der Waals surface area (Å²) in [5.74, 6) is -0.122. The summed E-state index contributed by atoms with van der Waals surface area (Å²) in [6, 6.07) is 0.451. The van der Waals surface area contributed by atoms with Gasteiger partial charge in [-0.05, 0) is 33.2 Å². The van der Waals surface area contributed by atoms with E-state index < -0.39 is 0 Å². The van der Waals surface area contributed by atoms with E-state index in [1.165, 1.54) is 20.0 Å². The Kier molecular flexibility index (Phi) is 3.09. The largest absolute Gasteiger partial charge is 0.468 e. The molecule has 0 amide bonds. The molecule has 0 aromatic rings. The Hall–Kier alpha value is -0.570. The van der Waals surface area contributed by atoms with Gasteiger partial charge in [-0.2, -0.15) is 0 Å². The van der Waals surface area contributed by atoms with Crippen LogP contribution in [0.1, 0.15) is 26.7 Å². The maximum absolute atomic E-state index is 11.2. The van der Waals surface area contributed by atoms with Crippen LogP contribution in [0, 0.1) is 0 Å². The van der Waals surface area contributed by atoms with Crippen molar-refractivity contribution in [2.24, 2.45) is 0 Å². The Balaban J connectivity index is 2.51. The molecular weight excluding hydrogens is 154 g/mol. The van der Waals surface area contributed by atoms with Crippen molar-refractivity contribution in [2.75, 3.05) is 13.7 Å². The lowest BCUT2D eigenvalue weighted by Gasteiger charge is -2.26.